The molecule has 0 radical (unpaired) electrons. The highest BCUT2D eigenvalue weighted by atomic mass is 16.5. The fraction of sp³-hybridized carbons (Fsp3) is 0.654. The van der Waals surface area contributed by atoms with Crippen molar-refractivity contribution in [1.29, 1.82) is 0 Å². The Labute approximate surface area is 185 Å². The molecule has 2 saturated heterocycles. The van der Waals surface area contributed by atoms with Gasteiger partial charge in [-0.15, -0.1) is 0 Å². The number of rotatable bonds is 5. The van der Waals surface area contributed by atoms with Crippen LogP contribution < -0.4 is 0 Å². The summed E-state index contributed by atoms with van der Waals surface area (Å²) in [5.41, 5.74) is 2.16. The summed E-state index contributed by atoms with van der Waals surface area (Å²) in [5, 5.41) is 1.04. The van der Waals surface area contributed by atoms with Crippen LogP contribution in [0, 0.1) is 5.92 Å². The van der Waals surface area contributed by atoms with Gasteiger partial charge >= 0.3 is 0 Å². The maximum Gasteiger partial charge on any atom is 0.254 e. The third-order valence-electron chi connectivity index (χ3n) is 8.50. The number of aromatic amines is 1. The van der Waals surface area contributed by atoms with E-state index in [4.69, 9.17) is 4.74 Å². The van der Waals surface area contributed by atoms with Gasteiger partial charge in [0.25, 0.3) is 5.91 Å². The number of nitrogens with one attached hydrogen (secondary N) is 1. The van der Waals surface area contributed by atoms with Crippen LogP contribution in [0.25, 0.3) is 10.9 Å². The summed E-state index contributed by atoms with van der Waals surface area (Å²) in [7, 11) is 0. The summed E-state index contributed by atoms with van der Waals surface area (Å²) < 4.78 is 6.46. The second-order valence-electron chi connectivity index (χ2n) is 10.3. The number of hydrogen-bond donors (Lipinski definition) is 1. The number of benzene rings is 1. The molecule has 1 unspecified atom stereocenters. The zero-order valence-electron chi connectivity index (χ0n) is 18.5. The molecule has 4 aliphatic rings. The van der Waals surface area contributed by atoms with E-state index < -0.39 is 0 Å². The summed E-state index contributed by atoms with van der Waals surface area (Å²) in [6.45, 7) is 3.82. The topological polar surface area (TPSA) is 48.6 Å². The number of amides is 1. The van der Waals surface area contributed by atoms with E-state index in [-0.39, 0.29) is 5.91 Å². The predicted octanol–water partition coefficient (Wildman–Crippen LogP) is 4.59. The summed E-state index contributed by atoms with van der Waals surface area (Å²) in [6, 6.07) is 8.61. The number of likely N-dealkylation sites (tertiary alicyclic amines) is 2. The molecule has 0 bridgehead atoms. The van der Waals surface area contributed by atoms with Crippen molar-refractivity contribution in [1.82, 2.24) is 14.8 Å². The fourth-order valence-electron chi connectivity index (χ4n) is 6.46. The first kappa shape index (κ1) is 19.8. The van der Waals surface area contributed by atoms with E-state index in [1.807, 2.05) is 30.5 Å². The minimum atomic E-state index is 0.185. The Hall–Kier alpha value is -1.85. The number of hydrogen-bond acceptors (Lipinski definition) is 3. The molecule has 31 heavy (non-hydrogen) atoms. The predicted molar refractivity (Wildman–Crippen MR) is 122 cm³/mol. The molecule has 1 aromatic carbocycles. The molecule has 2 aliphatic heterocycles. The minimum absolute atomic E-state index is 0.185. The number of ether oxygens (including phenoxy) is 1. The van der Waals surface area contributed by atoms with Crippen molar-refractivity contribution in [3.8, 4) is 0 Å². The van der Waals surface area contributed by atoms with Crippen molar-refractivity contribution >= 4 is 16.8 Å². The molecule has 2 aromatic rings. The van der Waals surface area contributed by atoms with Gasteiger partial charge in [0.2, 0.25) is 0 Å². The van der Waals surface area contributed by atoms with Gasteiger partial charge in [0, 0.05) is 60.5 Å². The van der Waals surface area contributed by atoms with Gasteiger partial charge in [0.05, 0.1) is 6.10 Å². The highest BCUT2D eigenvalue weighted by Gasteiger charge is 2.56. The largest absolute Gasteiger partial charge is 0.375 e. The number of carbonyl (C=O) groups excluding carboxylic acids is 1. The minimum Gasteiger partial charge on any atom is -0.375 e. The molecule has 1 aromatic heterocycles. The zero-order chi connectivity index (χ0) is 20.8. The Morgan fingerprint density at radius 2 is 1.87 bits per heavy atom. The van der Waals surface area contributed by atoms with Crippen molar-refractivity contribution in [2.75, 3.05) is 26.2 Å². The Morgan fingerprint density at radius 3 is 2.65 bits per heavy atom. The zero-order valence-corrected chi connectivity index (χ0v) is 18.5. The van der Waals surface area contributed by atoms with Crippen LogP contribution in [0.3, 0.4) is 0 Å². The smallest absolute Gasteiger partial charge is 0.254 e. The van der Waals surface area contributed by atoms with Crippen LogP contribution in [-0.2, 0) is 4.74 Å². The van der Waals surface area contributed by atoms with E-state index in [1.54, 1.807) is 0 Å². The van der Waals surface area contributed by atoms with E-state index in [9.17, 15) is 4.79 Å². The fourth-order valence-corrected chi connectivity index (χ4v) is 6.46. The van der Waals surface area contributed by atoms with E-state index in [0.29, 0.717) is 17.7 Å². The normalized spacial score (nSPS) is 27.0. The molecule has 1 spiro atoms. The summed E-state index contributed by atoms with van der Waals surface area (Å²) in [5.74, 6) is 1.03. The lowest BCUT2D eigenvalue weighted by Gasteiger charge is -2.63. The number of carbonyl (C=O) groups is 1. The SMILES string of the molecule is O=C(c1cccc2[nH]ccc12)N1CCC(N2CC(OCC3CC3)C23CCCCC3)CC1. The van der Waals surface area contributed by atoms with Gasteiger partial charge in [-0.3, -0.25) is 9.69 Å². The Bertz CT molecular complexity index is 935. The lowest BCUT2D eigenvalue weighted by atomic mass is 9.69. The van der Waals surface area contributed by atoms with Crippen LogP contribution in [0.4, 0.5) is 0 Å². The van der Waals surface area contributed by atoms with Crippen LogP contribution in [-0.4, -0.2) is 64.6 Å². The van der Waals surface area contributed by atoms with Crippen molar-refractivity contribution in [2.45, 2.75) is 75.5 Å². The molecule has 1 atom stereocenters. The molecule has 5 nitrogen and oxygen atoms in total. The van der Waals surface area contributed by atoms with Gasteiger partial charge in [0.1, 0.15) is 0 Å². The van der Waals surface area contributed by atoms with Crippen LogP contribution in [0.15, 0.2) is 30.5 Å². The number of H-pyrrole nitrogens is 1. The summed E-state index contributed by atoms with van der Waals surface area (Å²) in [4.78, 5) is 21.4. The van der Waals surface area contributed by atoms with Crippen molar-refractivity contribution < 1.29 is 9.53 Å². The van der Waals surface area contributed by atoms with Crippen molar-refractivity contribution in [3.63, 3.8) is 0 Å². The molecular formula is C26H35N3O2. The highest BCUT2D eigenvalue weighted by Crippen LogP contribution is 2.48. The van der Waals surface area contributed by atoms with Crippen molar-refractivity contribution in [2.24, 2.45) is 5.92 Å². The Kier molecular flexibility index (Phi) is 5.07. The first-order valence-electron chi connectivity index (χ1n) is 12.5. The molecule has 3 heterocycles. The van der Waals surface area contributed by atoms with E-state index in [2.05, 4.69) is 14.8 Å². The summed E-state index contributed by atoms with van der Waals surface area (Å²) in [6.07, 6.45) is 13.9. The van der Waals surface area contributed by atoms with E-state index >= 15 is 0 Å². The first-order valence-corrected chi connectivity index (χ1v) is 12.5. The van der Waals surface area contributed by atoms with Crippen molar-refractivity contribution in [3.05, 3.63) is 36.0 Å². The maximum atomic E-state index is 13.3. The van der Waals surface area contributed by atoms with E-state index in [0.717, 1.165) is 61.5 Å². The molecule has 166 valence electrons. The molecule has 2 aliphatic carbocycles. The molecule has 2 saturated carbocycles. The number of aromatic nitrogens is 1. The van der Waals surface area contributed by atoms with Crippen LogP contribution in [0.2, 0.25) is 0 Å². The van der Waals surface area contributed by atoms with E-state index in [1.165, 1.54) is 44.9 Å². The number of nitrogens with zero attached hydrogens (tertiary/aromatic N) is 2. The van der Waals surface area contributed by atoms with Gasteiger partial charge < -0.3 is 14.6 Å². The van der Waals surface area contributed by atoms with Gasteiger partial charge in [-0.25, -0.2) is 0 Å². The monoisotopic (exact) mass is 421 g/mol. The van der Waals surface area contributed by atoms with Gasteiger partial charge in [-0.05, 0) is 62.6 Å². The third kappa shape index (κ3) is 3.50. The lowest BCUT2D eigenvalue weighted by Crippen LogP contribution is -2.75. The molecule has 1 N–H and O–H groups in total. The second-order valence-corrected chi connectivity index (χ2v) is 10.3. The van der Waals surface area contributed by atoms with Crippen LogP contribution >= 0.6 is 0 Å². The Balaban J connectivity index is 1.11. The number of fused-ring (bicyclic) bond motifs is 1. The summed E-state index contributed by atoms with van der Waals surface area (Å²) >= 11 is 0. The number of piperidine rings is 1. The van der Waals surface area contributed by atoms with Crippen LogP contribution in [0.5, 0.6) is 0 Å². The quantitative estimate of drug-likeness (QED) is 0.768. The van der Waals surface area contributed by atoms with Gasteiger partial charge in [-0.2, -0.15) is 0 Å². The van der Waals surface area contributed by atoms with Gasteiger partial charge in [0.15, 0.2) is 0 Å². The first-order chi connectivity index (χ1) is 15.2. The van der Waals surface area contributed by atoms with Gasteiger partial charge in [-0.1, -0.05) is 25.3 Å². The standard InChI is InChI=1S/C26H35N3O2/c30-25(22-5-4-6-23-21(22)9-14-27-23)28-15-10-20(11-16-28)29-17-24(31-18-19-7-8-19)26(29)12-2-1-3-13-26/h4-6,9,14,19-20,24,27H,1-3,7-8,10-13,15-18H2. The average molecular weight is 422 g/mol. The molecule has 5 heteroatoms. The third-order valence-corrected chi connectivity index (χ3v) is 8.50. The maximum absolute atomic E-state index is 13.3. The second kappa shape index (κ2) is 7.93. The molecule has 4 fully saturated rings. The molecule has 1 amide bonds. The molecular weight excluding hydrogens is 386 g/mol. The molecule has 6 rings (SSSR count). The highest BCUT2D eigenvalue weighted by molar-refractivity contribution is 6.06. The average Bonchev–Trinajstić information content (AvgIpc) is 3.52. The Morgan fingerprint density at radius 1 is 1.06 bits per heavy atom. The van der Waals surface area contributed by atoms with Crippen LogP contribution in [0.1, 0.15) is 68.1 Å². The lowest BCUT2D eigenvalue weighted by molar-refractivity contribution is -0.202.